The average Bonchev–Trinajstić information content (AvgIpc) is 2.77. The van der Waals surface area contributed by atoms with Crippen molar-refractivity contribution in [1.29, 1.82) is 0 Å². The number of benzene rings is 3. The van der Waals surface area contributed by atoms with Crippen molar-refractivity contribution in [2.75, 3.05) is 11.5 Å². The zero-order valence-electron chi connectivity index (χ0n) is 19.5. The van der Waals surface area contributed by atoms with Crippen LogP contribution in [-0.2, 0) is 25.7 Å². The van der Waals surface area contributed by atoms with Gasteiger partial charge in [0.15, 0.2) is 0 Å². The highest BCUT2D eigenvalue weighted by molar-refractivity contribution is 6.37. The summed E-state index contributed by atoms with van der Waals surface area (Å²) in [5.41, 5.74) is 0.606. The van der Waals surface area contributed by atoms with Crippen LogP contribution in [0.2, 0.25) is 0 Å². The molecular weight excluding hydrogens is 418 g/mol. The molecule has 6 nitrogen and oxygen atoms in total. The molecule has 0 fully saturated rings. The molecule has 0 aliphatic carbocycles. The van der Waals surface area contributed by atoms with Crippen molar-refractivity contribution in [3.63, 3.8) is 0 Å². The van der Waals surface area contributed by atoms with Crippen molar-refractivity contribution < 1.29 is 23.9 Å². The van der Waals surface area contributed by atoms with Crippen LogP contribution in [0.15, 0.2) is 66.7 Å². The molecule has 0 bridgehead atoms. The minimum absolute atomic E-state index is 0.218. The third-order valence-electron chi connectivity index (χ3n) is 4.85. The molecule has 0 N–H and O–H groups in total. The molecule has 172 valence electrons. The SMILES string of the molecule is CCOc1ccccc1N(Cc1ccc2ccccc2c1)C(=O)CC(=O)C(=O)OC(C)(C)C. The van der Waals surface area contributed by atoms with Gasteiger partial charge in [-0.15, -0.1) is 0 Å². The number of esters is 1. The highest BCUT2D eigenvalue weighted by Crippen LogP contribution is 2.30. The van der Waals surface area contributed by atoms with E-state index in [1.807, 2.05) is 55.5 Å². The van der Waals surface area contributed by atoms with Crippen LogP contribution >= 0.6 is 0 Å². The molecule has 0 atom stereocenters. The highest BCUT2D eigenvalue weighted by atomic mass is 16.6. The van der Waals surface area contributed by atoms with Crippen molar-refractivity contribution in [3.05, 3.63) is 72.3 Å². The fourth-order valence-electron chi connectivity index (χ4n) is 3.43. The second kappa shape index (κ2) is 10.3. The lowest BCUT2D eigenvalue weighted by Gasteiger charge is -2.25. The van der Waals surface area contributed by atoms with Crippen LogP contribution in [0.4, 0.5) is 5.69 Å². The van der Waals surface area contributed by atoms with Gasteiger partial charge in [-0.1, -0.05) is 48.5 Å². The average molecular weight is 448 g/mol. The molecule has 6 heteroatoms. The molecule has 0 spiro atoms. The molecule has 0 aliphatic heterocycles. The number of para-hydroxylation sites is 2. The second-order valence-electron chi connectivity index (χ2n) is 8.66. The molecule has 0 saturated carbocycles. The Balaban J connectivity index is 1.92. The number of anilines is 1. The number of carbonyl (C=O) groups excluding carboxylic acids is 3. The fraction of sp³-hybridized carbons (Fsp3) is 0.296. The highest BCUT2D eigenvalue weighted by Gasteiger charge is 2.28. The Bertz CT molecular complexity index is 1160. The maximum Gasteiger partial charge on any atom is 0.375 e. The lowest BCUT2D eigenvalue weighted by Crippen LogP contribution is -2.36. The number of Topliss-reactive ketones (excluding diaryl/α,β-unsaturated/α-hetero) is 1. The summed E-state index contributed by atoms with van der Waals surface area (Å²) in [6, 6.07) is 21.1. The fourth-order valence-corrected chi connectivity index (χ4v) is 3.43. The van der Waals surface area contributed by atoms with E-state index in [9.17, 15) is 14.4 Å². The largest absolute Gasteiger partial charge is 0.492 e. The van der Waals surface area contributed by atoms with E-state index < -0.39 is 29.7 Å². The van der Waals surface area contributed by atoms with Gasteiger partial charge in [0.25, 0.3) is 0 Å². The van der Waals surface area contributed by atoms with E-state index in [1.165, 1.54) is 4.90 Å². The normalized spacial score (nSPS) is 11.2. The molecule has 1 amide bonds. The summed E-state index contributed by atoms with van der Waals surface area (Å²) in [7, 11) is 0. The Morgan fingerprint density at radius 1 is 0.879 bits per heavy atom. The first kappa shape index (κ1) is 24.0. The van der Waals surface area contributed by atoms with Crippen LogP contribution in [-0.4, -0.2) is 29.9 Å². The molecule has 3 aromatic rings. The van der Waals surface area contributed by atoms with Crippen LogP contribution in [0.3, 0.4) is 0 Å². The predicted octanol–water partition coefficient (Wildman–Crippen LogP) is 5.07. The van der Waals surface area contributed by atoms with Crippen LogP contribution in [0.5, 0.6) is 5.75 Å². The van der Waals surface area contributed by atoms with E-state index in [1.54, 1.807) is 39.0 Å². The van der Waals surface area contributed by atoms with Crippen molar-refractivity contribution in [2.45, 2.75) is 46.3 Å². The summed E-state index contributed by atoms with van der Waals surface area (Å²) in [5, 5.41) is 2.14. The molecule has 0 aliphatic rings. The molecule has 3 rings (SSSR count). The Morgan fingerprint density at radius 3 is 2.24 bits per heavy atom. The van der Waals surface area contributed by atoms with Gasteiger partial charge in [0, 0.05) is 0 Å². The molecule has 3 aromatic carbocycles. The van der Waals surface area contributed by atoms with E-state index >= 15 is 0 Å². The monoisotopic (exact) mass is 447 g/mol. The summed E-state index contributed by atoms with van der Waals surface area (Å²) >= 11 is 0. The Hall–Kier alpha value is -3.67. The Kier molecular flexibility index (Phi) is 7.48. The van der Waals surface area contributed by atoms with Crippen LogP contribution in [0, 0.1) is 0 Å². The van der Waals surface area contributed by atoms with Gasteiger partial charge in [-0.05, 0) is 62.2 Å². The Labute approximate surface area is 194 Å². The maximum absolute atomic E-state index is 13.3. The molecule has 0 radical (unpaired) electrons. The summed E-state index contributed by atoms with van der Waals surface area (Å²) < 4.78 is 10.9. The zero-order chi connectivity index (χ0) is 24.0. The van der Waals surface area contributed by atoms with Crippen molar-refractivity contribution in [1.82, 2.24) is 0 Å². The van der Waals surface area contributed by atoms with Gasteiger partial charge in [0.2, 0.25) is 11.7 Å². The third-order valence-corrected chi connectivity index (χ3v) is 4.85. The molecule has 0 heterocycles. The number of nitrogens with zero attached hydrogens (tertiary/aromatic N) is 1. The minimum atomic E-state index is -1.01. The predicted molar refractivity (Wildman–Crippen MR) is 128 cm³/mol. The Morgan fingerprint density at radius 2 is 1.55 bits per heavy atom. The van der Waals surface area contributed by atoms with Crippen LogP contribution < -0.4 is 9.64 Å². The smallest absolute Gasteiger partial charge is 0.375 e. The van der Waals surface area contributed by atoms with Gasteiger partial charge < -0.3 is 14.4 Å². The van der Waals surface area contributed by atoms with Crippen molar-refractivity contribution in [2.24, 2.45) is 0 Å². The number of amides is 1. The van der Waals surface area contributed by atoms with E-state index in [4.69, 9.17) is 9.47 Å². The summed E-state index contributed by atoms with van der Waals surface area (Å²) in [6.07, 6.45) is -0.594. The number of hydrogen-bond acceptors (Lipinski definition) is 5. The second-order valence-corrected chi connectivity index (χ2v) is 8.66. The first-order valence-corrected chi connectivity index (χ1v) is 10.9. The summed E-state index contributed by atoms with van der Waals surface area (Å²) in [6.45, 7) is 7.51. The zero-order valence-corrected chi connectivity index (χ0v) is 19.5. The van der Waals surface area contributed by atoms with E-state index in [0.29, 0.717) is 18.0 Å². The first-order valence-electron chi connectivity index (χ1n) is 10.9. The van der Waals surface area contributed by atoms with Gasteiger partial charge in [-0.3, -0.25) is 9.59 Å². The van der Waals surface area contributed by atoms with Gasteiger partial charge in [0.05, 0.1) is 25.3 Å². The molecular formula is C27H29NO5. The van der Waals surface area contributed by atoms with E-state index in [-0.39, 0.29) is 6.54 Å². The molecule has 0 aromatic heterocycles. The number of hydrogen-bond donors (Lipinski definition) is 0. The van der Waals surface area contributed by atoms with Crippen LogP contribution in [0.1, 0.15) is 39.7 Å². The number of ketones is 1. The molecule has 0 unspecified atom stereocenters. The van der Waals surface area contributed by atoms with E-state index in [2.05, 4.69) is 0 Å². The lowest BCUT2D eigenvalue weighted by atomic mass is 10.1. The standard InChI is InChI=1S/C27H29NO5/c1-5-32-24-13-9-8-12-22(24)28(25(30)17-23(29)26(31)33-27(2,3)4)18-19-14-15-20-10-6-7-11-21(20)16-19/h6-16H,5,17-18H2,1-4H3. The molecule has 33 heavy (non-hydrogen) atoms. The van der Waals surface area contributed by atoms with Gasteiger partial charge in [-0.2, -0.15) is 0 Å². The quantitative estimate of drug-likeness (QED) is 0.274. The van der Waals surface area contributed by atoms with Gasteiger partial charge >= 0.3 is 5.97 Å². The number of carbonyl (C=O) groups is 3. The van der Waals surface area contributed by atoms with Gasteiger partial charge in [0.1, 0.15) is 11.4 Å². The van der Waals surface area contributed by atoms with Crippen molar-refractivity contribution >= 4 is 34.1 Å². The van der Waals surface area contributed by atoms with Crippen LogP contribution in [0.25, 0.3) is 10.8 Å². The summed E-state index contributed by atoms with van der Waals surface area (Å²) in [5.74, 6) is -1.88. The van der Waals surface area contributed by atoms with Crippen molar-refractivity contribution in [3.8, 4) is 5.75 Å². The molecule has 0 saturated heterocycles. The maximum atomic E-state index is 13.3. The minimum Gasteiger partial charge on any atom is -0.492 e. The topological polar surface area (TPSA) is 72.9 Å². The first-order chi connectivity index (χ1) is 15.7. The lowest BCUT2D eigenvalue weighted by molar-refractivity contribution is -0.163. The van der Waals surface area contributed by atoms with Gasteiger partial charge in [-0.25, -0.2) is 4.79 Å². The number of fused-ring (bicyclic) bond motifs is 1. The third kappa shape index (κ3) is 6.42. The van der Waals surface area contributed by atoms with E-state index in [0.717, 1.165) is 16.3 Å². The number of ether oxygens (including phenoxy) is 2. The number of rotatable bonds is 8. The summed E-state index contributed by atoms with van der Waals surface area (Å²) in [4.78, 5) is 39.4.